The fraction of sp³-hybridized carbons (Fsp3) is 0.129. The molecule has 9 nitrogen and oxygen atoms in total. The first kappa shape index (κ1) is 31.3. The lowest BCUT2D eigenvalue weighted by Gasteiger charge is -2.17. The van der Waals surface area contributed by atoms with Gasteiger partial charge in [-0.2, -0.15) is 5.10 Å². The lowest BCUT2D eigenvalue weighted by atomic mass is 10.2. The number of nitrogens with one attached hydrogen (secondary N) is 2. The van der Waals surface area contributed by atoms with E-state index in [0.29, 0.717) is 26.6 Å². The SMILES string of the molecule is CCC(C(=O)Nc1cc(O)c(NC(=O)c2nn(-c3ccc(Cl)c(Cl)c3)c3ccccc23)cc1Cl)S(=O)(=O)c1ccc(C)cc1. The number of aromatic hydroxyl groups is 1. The molecule has 0 bridgehead atoms. The summed E-state index contributed by atoms with van der Waals surface area (Å²) in [7, 11) is -4.00. The van der Waals surface area contributed by atoms with Crippen molar-refractivity contribution < 1.29 is 23.1 Å². The van der Waals surface area contributed by atoms with E-state index >= 15 is 0 Å². The number of hydrogen-bond acceptors (Lipinski definition) is 6. The Morgan fingerprint density at radius 3 is 2.27 bits per heavy atom. The minimum absolute atomic E-state index is 0.00259. The zero-order valence-electron chi connectivity index (χ0n) is 23.3. The fourth-order valence-electron chi connectivity index (χ4n) is 4.64. The number of hydrogen-bond donors (Lipinski definition) is 3. The number of carbonyl (C=O) groups excluding carboxylic acids is 2. The zero-order chi connectivity index (χ0) is 31.8. The zero-order valence-corrected chi connectivity index (χ0v) is 26.4. The van der Waals surface area contributed by atoms with Gasteiger partial charge in [0.25, 0.3) is 5.91 Å². The molecule has 5 aromatic rings. The van der Waals surface area contributed by atoms with Crippen LogP contribution < -0.4 is 10.6 Å². The van der Waals surface area contributed by atoms with Crippen LogP contribution in [0.2, 0.25) is 15.1 Å². The van der Waals surface area contributed by atoms with Gasteiger partial charge in [-0.15, -0.1) is 0 Å². The Bertz CT molecular complexity index is 2030. The number of sulfone groups is 1. The van der Waals surface area contributed by atoms with E-state index in [1.807, 2.05) is 6.92 Å². The average molecular weight is 672 g/mol. The minimum Gasteiger partial charge on any atom is -0.506 e. The van der Waals surface area contributed by atoms with E-state index in [4.69, 9.17) is 34.8 Å². The van der Waals surface area contributed by atoms with Crippen molar-refractivity contribution in [3.05, 3.63) is 105 Å². The molecule has 1 atom stereocenters. The lowest BCUT2D eigenvalue weighted by Crippen LogP contribution is -2.34. The maximum Gasteiger partial charge on any atom is 0.276 e. The number of benzene rings is 4. The number of nitrogens with zero attached hydrogens (tertiary/aromatic N) is 2. The third-order valence-corrected chi connectivity index (χ3v) is 10.2. The Hall–Kier alpha value is -4.09. The smallest absolute Gasteiger partial charge is 0.276 e. The van der Waals surface area contributed by atoms with Gasteiger partial charge in [-0.1, -0.05) is 77.6 Å². The van der Waals surface area contributed by atoms with Crippen LogP contribution in [0.3, 0.4) is 0 Å². The molecule has 1 heterocycles. The predicted octanol–water partition coefficient (Wildman–Crippen LogP) is 7.44. The van der Waals surface area contributed by atoms with E-state index in [1.165, 1.54) is 18.2 Å². The monoisotopic (exact) mass is 670 g/mol. The van der Waals surface area contributed by atoms with Crippen LogP contribution in [-0.2, 0) is 14.6 Å². The first-order chi connectivity index (χ1) is 20.9. The molecule has 226 valence electrons. The van der Waals surface area contributed by atoms with Crippen molar-refractivity contribution in [1.82, 2.24) is 9.78 Å². The molecule has 1 unspecified atom stereocenters. The van der Waals surface area contributed by atoms with Crippen LogP contribution in [-0.4, -0.2) is 40.4 Å². The largest absolute Gasteiger partial charge is 0.506 e. The number of anilines is 2. The van der Waals surface area contributed by atoms with Gasteiger partial charge in [-0.3, -0.25) is 9.59 Å². The summed E-state index contributed by atoms with van der Waals surface area (Å²) < 4.78 is 27.9. The van der Waals surface area contributed by atoms with Gasteiger partial charge >= 0.3 is 0 Å². The third-order valence-electron chi connectivity index (χ3n) is 6.93. The van der Waals surface area contributed by atoms with Crippen molar-refractivity contribution in [2.75, 3.05) is 10.6 Å². The minimum atomic E-state index is -4.00. The summed E-state index contributed by atoms with van der Waals surface area (Å²) in [6, 6.07) is 20.6. The highest BCUT2D eigenvalue weighted by Gasteiger charge is 2.33. The van der Waals surface area contributed by atoms with Gasteiger partial charge in [-0.05, 0) is 55.8 Å². The van der Waals surface area contributed by atoms with Crippen molar-refractivity contribution in [3.63, 3.8) is 0 Å². The van der Waals surface area contributed by atoms with E-state index in [-0.39, 0.29) is 33.4 Å². The second kappa shape index (κ2) is 12.5. The summed E-state index contributed by atoms with van der Waals surface area (Å²) in [6.45, 7) is 3.41. The van der Waals surface area contributed by atoms with E-state index in [1.54, 1.807) is 66.2 Å². The van der Waals surface area contributed by atoms with Gasteiger partial charge in [0.1, 0.15) is 11.0 Å². The fourth-order valence-corrected chi connectivity index (χ4v) is 6.76. The lowest BCUT2D eigenvalue weighted by molar-refractivity contribution is -0.115. The van der Waals surface area contributed by atoms with E-state index < -0.39 is 32.7 Å². The molecule has 0 aliphatic heterocycles. The molecule has 13 heteroatoms. The Morgan fingerprint density at radius 1 is 0.886 bits per heavy atom. The van der Waals surface area contributed by atoms with Crippen LogP contribution in [0.5, 0.6) is 5.75 Å². The highest BCUT2D eigenvalue weighted by Crippen LogP contribution is 2.35. The second-order valence-electron chi connectivity index (χ2n) is 9.92. The van der Waals surface area contributed by atoms with Crippen LogP contribution in [0.25, 0.3) is 16.6 Å². The normalized spacial score (nSPS) is 12.2. The molecule has 2 amide bonds. The van der Waals surface area contributed by atoms with Crippen LogP contribution in [0.1, 0.15) is 29.4 Å². The van der Waals surface area contributed by atoms with Crippen LogP contribution in [0.4, 0.5) is 11.4 Å². The van der Waals surface area contributed by atoms with Gasteiger partial charge in [0.05, 0.1) is 42.5 Å². The molecule has 0 saturated heterocycles. The molecule has 1 aromatic heterocycles. The summed E-state index contributed by atoms with van der Waals surface area (Å²) in [5.74, 6) is -1.87. The summed E-state index contributed by atoms with van der Waals surface area (Å²) in [6.07, 6.45) is 0.00259. The molecule has 3 N–H and O–H groups in total. The number of amides is 2. The highest BCUT2D eigenvalue weighted by atomic mass is 35.5. The third kappa shape index (κ3) is 6.11. The Morgan fingerprint density at radius 2 is 1.59 bits per heavy atom. The maximum absolute atomic E-state index is 13.4. The molecular weight excluding hydrogens is 647 g/mol. The number of aromatic nitrogens is 2. The number of halogens is 3. The molecule has 4 aromatic carbocycles. The number of rotatable bonds is 8. The summed E-state index contributed by atoms with van der Waals surface area (Å²) in [4.78, 5) is 26.5. The number of phenolic OH excluding ortho intramolecular Hbond substituents is 1. The van der Waals surface area contributed by atoms with E-state index in [0.717, 1.165) is 11.6 Å². The summed E-state index contributed by atoms with van der Waals surface area (Å²) in [5.41, 5.74) is 2.07. The van der Waals surface area contributed by atoms with Gasteiger partial charge in [0.2, 0.25) is 5.91 Å². The molecular formula is C31H25Cl3N4O5S. The second-order valence-corrected chi connectivity index (χ2v) is 13.3. The molecule has 0 aliphatic carbocycles. The van der Waals surface area contributed by atoms with Crippen molar-refractivity contribution in [2.45, 2.75) is 30.4 Å². The molecule has 5 rings (SSSR count). The maximum atomic E-state index is 13.4. The number of para-hydroxylation sites is 1. The molecule has 0 radical (unpaired) electrons. The van der Waals surface area contributed by atoms with Crippen LogP contribution >= 0.6 is 34.8 Å². The summed E-state index contributed by atoms with van der Waals surface area (Å²) >= 11 is 18.7. The van der Waals surface area contributed by atoms with Crippen molar-refractivity contribution >= 4 is 78.7 Å². The number of carbonyl (C=O) groups is 2. The predicted molar refractivity (Wildman–Crippen MR) is 173 cm³/mol. The number of aryl methyl sites for hydroxylation is 1. The molecule has 0 aliphatic rings. The Balaban J connectivity index is 1.39. The first-order valence-corrected chi connectivity index (χ1v) is 16.0. The standard InChI is InChI=1S/C31H25Cl3N4O5S/c1-3-28(44(42,43)19-11-8-17(2)9-12-19)30(40)35-24-16-27(39)25(15-23(24)34)36-31(41)29-20-6-4-5-7-26(20)38(37-29)18-10-13-21(32)22(33)14-18/h4-16,28,39H,3H2,1-2H3,(H,35,40)(H,36,41). The highest BCUT2D eigenvalue weighted by molar-refractivity contribution is 7.92. The molecule has 0 spiro atoms. The van der Waals surface area contributed by atoms with Gasteiger partial charge in [0.15, 0.2) is 15.5 Å². The van der Waals surface area contributed by atoms with Crippen LogP contribution in [0, 0.1) is 6.92 Å². The average Bonchev–Trinajstić information content (AvgIpc) is 3.37. The van der Waals surface area contributed by atoms with Gasteiger partial charge < -0.3 is 15.7 Å². The summed E-state index contributed by atoms with van der Waals surface area (Å²) in [5, 5.41) is 20.1. The van der Waals surface area contributed by atoms with Gasteiger partial charge in [0, 0.05) is 11.5 Å². The molecule has 0 saturated carbocycles. The topological polar surface area (TPSA) is 130 Å². The number of fused-ring (bicyclic) bond motifs is 1. The molecule has 0 fully saturated rings. The first-order valence-electron chi connectivity index (χ1n) is 13.3. The quantitative estimate of drug-likeness (QED) is 0.147. The Kier molecular flexibility index (Phi) is 8.90. The van der Waals surface area contributed by atoms with Gasteiger partial charge in [-0.25, -0.2) is 13.1 Å². The van der Waals surface area contributed by atoms with E-state index in [9.17, 15) is 23.1 Å². The van der Waals surface area contributed by atoms with E-state index in [2.05, 4.69) is 15.7 Å². The molecule has 44 heavy (non-hydrogen) atoms. The van der Waals surface area contributed by atoms with Crippen molar-refractivity contribution in [3.8, 4) is 11.4 Å². The van der Waals surface area contributed by atoms with Crippen molar-refractivity contribution in [2.24, 2.45) is 0 Å². The Labute approximate surface area is 268 Å². The number of phenols is 1. The van der Waals surface area contributed by atoms with Crippen LogP contribution in [0.15, 0.2) is 83.8 Å². The van der Waals surface area contributed by atoms with Crippen molar-refractivity contribution in [1.29, 1.82) is 0 Å².